The Morgan fingerprint density at radius 1 is 1.33 bits per heavy atom. The molecule has 0 spiro atoms. The van der Waals surface area contributed by atoms with Gasteiger partial charge >= 0.3 is 5.97 Å². The molecule has 1 unspecified atom stereocenters. The Bertz CT molecular complexity index is 612. The Kier molecular flexibility index (Phi) is 7.26. The highest BCUT2D eigenvalue weighted by Crippen LogP contribution is 2.24. The number of carboxylic acids is 1. The van der Waals surface area contributed by atoms with Crippen molar-refractivity contribution in [3.05, 3.63) is 34.9 Å². The van der Waals surface area contributed by atoms with Crippen molar-refractivity contribution in [3.8, 4) is 0 Å². The molecule has 1 aromatic carbocycles. The van der Waals surface area contributed by atoms with E-state index in [2.05, 4.69) is 5.32 Å². The molecule has 1 aliphatic rings. The number of hydrogen-bond donors (Lipinski definition) is 2. The van der Waals surface area contributed by atoms with Crippen molar-refractivity contribution in [3.63, 3.8) is 0 Å². The largest absolute Gasteiger partial charge is 0.481 e. The van der Waals surface area contributed by atoms with Crippen LogP contribution in [0.3, 0.4) is 0 Å². The molecule has 0 saturated carbocycles. The van der Waals surface area contributed by atoms with Crippen molar-refractivity contribution >= 4 is 52.9 Å². The van der Waals surface area contributed by atoms with Crippen LogP contribution in [0.1, 0.15) is 10.4 Å². The summed E-state index contributed by atoms with van der Waals surface area (Å²) < 4.78 is 0. The molecule has 2 rings (SSSR count). The minimum atomic E-state index is -0.877. The van der Waals surface area contributed by atoms with Gasteiger partial charge in [0.1, 0.15) is 6.04 Å². The van der Waals surface area contributed by atoms with E-state index >= 15 is 0 Å². The van der Waals surface area contributed by atoms with Crippen molar-refractivity contribution in [2.75, 3.05) is 29.7 Å². The predicted molar refractivity (Wildman–Crippen MR) is 96.7 cm³/mol. The highest BCUT2D eigenvalue weighted by molar-refractivity contribution is 8.00. The normalized spacial score (nSPS) is 16.9. The zero-order valence-corrected chi connectivity index (χ0v) is 15.1. The van der Waals surface area contributed by atoms with E-state index in [1.54, 1.807) is 29.2 Å². The van der Waals surface area contributed by atoms with Crippen LogP contribution in [-0.2, 0) is 9.59 Å². The summed E-state index contributed by atoms with van der Waals surface area (Å²) in [5.41, 5.74) is 0.497. The number of carboxylic acid groups (broad SMARTS) is 1. The number of hydrogen-bond acceptors (Lipinski definition) is 5. The summed E-state index contributed by atoms with van der Waals surface area (Å²) in [6.45, 7) is 0.376. The Morgan fingerprint density at radius 2 is 2.04 bits per heavy atom. The van der Waals surface area contributed by atoms with E-state index in [0.717, 1.165) is 0 Å². The average Bonchev–Trinajstić information content (AvgIpc) is 3.03. The quantitative estimate of drug-likeness (QED) is 0.692. The minimum absolute atomic E-state index is 0.0102. The van der Waals surface area contributed by atoms with E-state index in [-0.39, 0.29) is 17.6 Å². The van der Waals surface area contributed by atoms with Gasteiger partial charge < -0.3 is 15.3 Å². The van der Waals surface area contributed by atoms with E-state index in [0.29, 0.717) is 34.5 Å². The molecule has 2 N–H and O–H groups in total. The van der Waals surface area contributed by atoms with Gasteiger partial charge in [0.25, 0.3) is 5.91 Å². The lowest BCUT2D eigenvalue weighted by molar-refractivity contribution is -0.133. The first-order chi connectivity index (χ1) is 11.5. The number of aliphatic carboxylic acids is 1. The van der Waals surface area contributed by atoms with Crippen LogP contribution in [0, 0.1) is 0 Å². The third kappa shape index (κ3) is 5.32. The lowest BCUT2D eigenvalue weighted by Gasteiger charge is -2.23. The Balaban J connectivity index is 1.87. The van der Waals surface area contributed by atoms with E-state index in [4.69, 9.17) is 16.7 Å². The van der Waals surface area contributed by atoms with E-state index < -0.39 is 12.0 Å². The first-order valence-corrected chi connectivity index (χ1v) is 9.89. The molecule has 1 aliphatic heterocycles. The molecule has 1 atom stereocenters. The van der Waals surface area contributed by atoms with Crippen molar-refractivity contribution in [2.45, 2.75) is 6.04 Å². The smallest absolute Gasteiger partial charge is 0.313 e. The first kappa shape index (κ1) is 19.0. The second kappa shape index (κ2) is 9.19. The molecular weight excluding hydrogens is 372 g/mol. The SMILES string of the molecule is O=C(O)CSCCNC(=O)C1CSCN1C(=O)c1ccc(Cl)cc1. The van der Waals surface area contributed by atoms with Crippen LogP contribution in [0.15, 0.2) is 24.3 Å². The third-order valence-corrected chi connectivity index (χ3v) is 5.52. The second-order valence-corrected chi connectivity index (χ2v) is 7.58. The highest BCUT2D eigenvalue weighted by atomic mass is 35.5. The van der Waals surface area contributed by atoms with E-state index in [9.17, 15) is 14.4 Å². The maximum atomic E-state index is 12.5. The molecule has 1 fully saturated rings. The topological polar surface area (TPSA) is 86.7 Å². The van der Waals surface area contributed by atoms with Gasteiger partial charge in [-0.05, 0) is 24.3 Å². The maximum Gasteiger partial charge on any atom is 0.313 e. The fourth-order valence-electron chi connectivity index (χ4n) is 2.14. The van der Waals surface area contributed by atoms with Crippen molar-refractivity contribution in [1.82, 2.24) is 10.2 Å². The number of carbonyl (C=O) groups excluding carboxylic acids is 2. The van der Waals surface area contributed by atoms with Crippen LogP contribution in [0.2, 0.25) is 5.02 Å². The molecule has 130 valence electrons. The number of rotatable bonds is 7. The van der Waals surface area contributed by atoms with Crippen molar-refractivity contribution < 1.29 is 19.5 Å². The van der Waals surface area contributed by atoms with Gasteiger partial charge in [-0.3, -0.25) is 14.4 Å². The van der Waals surface area contributed by atoms with Gasteiger partial charge in [0.15, 0.2) is 0 Å². The van der Waals surface area contributed by atoms with Gasteiger partial charge in [0, 0.05) is 28.6 Å². The Labute approximate surface area is 153 Å². The average molecular weight is 389 g/mol. The van der Waals surface area contributed by atoms with Crippen molar-refractivity contribution in [2.24, 2.45) is 0 Å². The number of carbonyl (C=O) groups is 3. The zero-order chi connectivity index (χ0) is 17.5. The number of halogens is 1. The number of amides is 2. The maximum absolute atomic E-state index is 12.5. The fraction of sp³-hybridized carbons (Fsp3) is 0.400. The molecule has 0 aromatic heterocycles. The molecule has 0 bridgehead atoms. The first-order valence-electron chi connectivity index (χ1n) is 7.20. The predicted octanol–water partition coefficient (Wildman–Crippen LogP) is 1.79. The zero-order valence-electron chi connectivity index (χ0n) is 12.7. The van der Waals surface area contributed by atoms with Gasteiger partial charge in [0.2, 0.25) is 5.91 Å². The third-order valence-electron chi connectivity index (χ3n) is 3.31. The van der Waals surface area contributed by atoms with Crippen LogP contribution in [0.5, 0.6) is 0 Å². The summed E-state index contributed by atoms with van der Waals surface area (Å²) in [7, 11) is 0. The van der Waals surface area contributed by atoms with Crippen LogP contribution in [-0.4, -0.2) is 63.5 Å². The molecule has 1 heterocycles. The monoisotopic (exact) mass is 388 g/mol. The molecule has 2 amide bonds. The van der Waals surface area contributed by atoms with Crippen LogP contribution < -0.4 is 5.32 Å². The summed E-state index contributed by atoms with van der Waals surface area (Å²) in [4.78, 5) is 36.8. The highest BCUT2D eigenvalue weighted by Gasteiger charge is 2.34. The standard InChI is InChI=1S/C15H17ClN2O4S2/c16-11-3-1-10(2-4-11)15(22)18-9-24-7-12(18)14(21)17-5-6-23-8-13(19)20/h1-4,12H,5-9H2,(H,17,21)(H,19,20). The van der Waals surface area contributed by atoms with Crippen LogP contribution >= 0.6 is 35.1 Å². The number of thioether (sulfide) groups is 2. The van der Waals surface area contributed by atoms with Gasteiger partial charge in [-0.2, -0.15) is 0 Å². The summed E-state index contributed by atoms with van der Waals surface area (Å²) in [6.07, 6.45) is 0. The van der Waals surface area contributed by atoms with Gasteiger partial charge in [-0.1, -0.05) is 11.6 Å². The molecule has 0 radical (unpaired) electrons. The Hall–Kier alpha value is -1.38. The summed E-state index contributed by atoms with van der Waals surface area (Å²) >= 11 is 8.59. The molecule has 6 nitrogen and oxygen atoms in total. The second-order valence-electron chi connectivity index (χ2n) is 5.03. The Morgan fingerprint density at radius 3 is 2.71 bits per heavy atom. The van der Waals surface area contributed by atoms with Crippen LogP contribution in [0.4, 0.5) is 0 Å². The molecule has 24 heavy (non-hydrogen) atoms. The van der Waals surface area contributed by atoms with E-state index in [1.807, 2.05) is 0 Å². The van der Waals surface area contributed by atoms with Crippen molar-refractivity contribution in [1.29, 1.82) is 0 Å². The lowest BCUT2D eigenvalue weighted by atomic mass is 10.1. The molecular formula is C15H17ClN2O4S2. The summed E-state index contributed by atoms with van der Waals surface area (Å²) in [5.74, 6) is 0.258. The summed E-state index contributed by atoms with van der Waals surface area (Å²) in [5, 5.41) is 11.9. The van der Waals surface area contributed by atoms with E-state index in [1.165, 1.54) is 23.5 Å². The molecule has 0 aliphatic carbocycles. The van der Waals surface area contributed by atoms with Gasteiger partial charge in [-0.15, -0.1) is 23.5 Å². The van der Waals surface area contributed by atoms with Gasteiger partial charge in [0.05, 0.1) is 11.6 Å². The molecule has 1 saturated heterocycles. The summed E-state index contributed by atoms with van der Waals surface area (Å²) in [6, 6.07) is 6.07. The number of benzene rings is 1. The molecule has 1 aromatic rings. The van der Waals surface area contributed by atoms with Crippen LogP contribution in [0.25, 0.3) is 0 Å². The minimum Gasteiger partial charge on any atom is -0.481 e. The lowest BCUT2D eigenvalue weighted by Crippen LogP contribution is -2.47. The number of nitrogens with zero attached hydrogens (tertiary/aromatic N) is 1. The number of nitrogens with one attached hydrogen (secondary N) is 1. The van der Waals surface area contributed by atoms with Gasteiger partial charge in [-0.25, -0.2) is 0 Å². The fourth-order valence-corrected chi connectivity index (χ4v) is 3.99. The molecule has 9 heteroatoms.